The molecular formula is C38H27FN6O3S. The number of nitrogens with zero attached hydrogens (tertiary/aromatic N) is 6. The molecule has 0 saturated heterocycles. The Kier molecular flexibility index (Phi) is 7.26. The van der Waals surface area contributed by atoms with Crippen molar-refractivity contribution in [3.8, 4) is 34.0 Å². The average molecular weight is 667 g/mol. The van der Waals surface area contributed by atoms with Gasteiger partial charge in [0.05, 0.1) is 6.20 Å². The van der Waals surface area contributed by atoms with Crippen LogP contribution in [0.5, 0.6) is 0 Å². The van der Waals surface area contributed by atoms with E-state index >= 15 is 0 Å². The molecule has 0 unspecified atom stereocenters. The molecule has 4 aromatic heterocycles. The molecule has 0 atom stereocenters. The van der Waals surface area contributed by atoms with Gasteiger partial charge < -0.3 is 4.42 Å². The van der Waals surface area contributed by atoms with Crippen LogP contribution in [0.1, 0.15) is 16.7 Å². The van der Waals surface area contributed by atoms with Crippen LogP contribution in [0, 0.1) is 5.82 Å². The topological polar surface area (TPSA) is 108 Å². The van der Waals surface area contributed by atoms with Crippen LogP contribution in [0.25, 0.3) is 39.6 Å². The quantitative estimate of drug-likeness (QED) is 0.157. The molecule has 9 nitrogen and oxygen atoms in total. The van der Waals surface area contributed by atoms with Gasteiger partial charge in [-0.15, -0.1) is 5.10 Å². The molecule has 4 aromatic carbocycles. The predicted octanol–water partition coefficient (Wildman–Crippen LogP) is 7.30. The molecule has 240 valence electrons. The van der Waals surface area contributed by atoms with Crippen molar-refractivity contribution < 1.29 is 17.2 Å². The predicted molar refractivity (Wildman–Crippen MR) is 183 cm³/mol. The van der Waals surface area contributed by atoms with Crippen LogP contribution >= 0.6 is 0 Å². The van der Waals surface area contributed by atoms with Gasteiger partial charge in [-0.3, -0.25) is 9.08 Å². The van der Waals surface area contributed by atoms with Crippen molar-refractivity contribution in [2.45, 2.75) is 10.8 Å². The molecule has 0 N–H and O–H groups in total. The van der Waals surface area contributed by atoms with E-state index in [1.54, 1.807) is 22.7 Å². The molecule has 0 amide bonds. The summed E-state index contributed by atoms with van der Waals surface area (Å²) >= 11 is 0. The SMILES string of the molecule is CS(=O)(=O)c1nnc(-c2cnc3ccc(-c4cn(C(c5ccccc5)(c5ccccc5)c5ccccc5)nc4-c4ccc(F)cc4)cn23)o1. The number of sulfone groups is 1. The first-order valence-electron chi connectivity index (χ1n) is 15.4. The molecule has 0 spiro atoms. The lowest BCUT2D eigenvalue weighted by Gasteiger charge is -2.36. The third-order valence-electron chi connectivity index (χ3n) is 8.51. The number of imidazole rings is 1. The zero-order valence-corrected chi connectivity index (χ0v) is 26.9. The van der Waals surface area contributed by atoms with Gasteiger partial charge in [-0.05, 0) is 53.1 Å². The number of aromatic nitrogens is 6. The van der Waals surface area contributed by atoms with Crippen LogP contribution in [-0.4, -0.2) is 44.0 Å². The maximum atomic E-state index is 14.2. The molecule has 4 heterocycles. The number of fused-ring (bicyclic) bond motifs is 1. The van der Waals surface area contributed by atoms with Crippen molar-refractivity contribution in [2.75, 3.05) is 6.26 Å². The highest BCUT2D eigenvalue weighted by atomic mass is 32.2. The zero-order chi connectivity index (χ0) is 33.6. The summed E-state index contributed by atoms with van der Waals surface area (Å²) in [5.41, 5.74) is 5.98. The van der Waals surface area contributed by atoms with E-state index in [0.29, 0.717) is 17.0 Å². The summed E-state index contributed by atoms with van der Waals surface area (Å²) < 4.78 is 47.6. The Morgan fingerprint density at radius 1 is 0.694 bits per heavy atom. The average Bonchev–Trinajstić information content (AvgIpc) is 3.89. The minimum Gasteiger partial charge on any atom is -0.406 e. The Labute approximate surface area is 280 Å². The Hall–Kier alpha value is -6.20. The molecule has 8 aromatic rings. The lowest BCUT2D eigenvalue weighted by Crippen LogP contribution is -2.38. The molecule has 0 bridgehead atoms. The Bertz CT molecular complexity index is 2430. The number of halogens is 1. The van der Waals surface area contributed by atoms with Crippen molar-refractivity contribution >= 4 is 15.5 Å². The Balaban J connectivity index is 1.40. The molecule has 0 aliphatic rings. The first-order valence-corrected chi connectivity index (χ1v) is 17.3. The van der Waals surface area contributed by atoms with E-state index in [9.17, 15) is 12.8 Å². The summed E-state index contributed by atoms with van der Waals surface area (Å²) in [6, 6.07) is 40.7. The molecule has 0 radical (unpaired) electrons. The van der Waals surface area contributed by atoms with Crippen LogP contribution in [0.3, 0.4) is 0 Å². The number of hydrogen-bond acceptors (Lipinski definition) is 7. The highest BCUT2D eigenvalue weighted by molar-refractivity contribution is 7.90. The van der Waals surface area contributed by atoms with Crippen LogP contribution in [-0.2, 0) is 15.4 Å². The lowest BCUT2D eigenvalue weighted by atomic mass is 9.77. The second-order valence-electron chi connectivity index (χ2n) is 11.6. The Morgan fingerprint density at radius 3 is 1.82 bits per heavy atom. The maximum absolute atomic E-state index is 14.2. The highest BCUT2D eigenvalue weighted by Crippen LogP contribution is 2.43. The molecule has 0 saturated carbocycles. The van der Waals surface area contributed by atoms with Crippen molar-refractivity contribution in [1.29, 1.82) is 0 Å². The summed E-state index contributed by atoms with van der Waals surface area (Å²) in [7, 11) is -3.70. The van der Waals surface area contributed by atoms with E-state index in [4.69, 9.17) is 9.52 Å². The van der Waals surface area contributed by atoms with E-state index in [0.717, 1.165) is 39.6 Å². The molecule has 11 heteroatoms. The zero-order valence-electron chi connectivity index (χ0n) is 26.1. The number of hydrogen-bond donors (Lipinski definition) is 0. The summed E-state index contributed by atoms with van der Waals surface area (Å²) in [6.07, 6.45) is 6.43. The standard InChI is InChI=1S/C38H27FN6O3S/c1-49(46,47)37-42-41-36(48-37)33-23-40-34-22-19-27(24-44(33)34)32-25-45(43-35(32)26-17-20-31(39)21-18-26)38(28-11-5-2-6-12-28,29-13-7-3-8-14-29)30-15-9-4-10-16-30/h2-25H,1H3. The summed E-state index contributed by atoms with van der Waals surface area (Å²) in [5.74, 6) is -0.342. The van der Waals surface area contributed by atoms with Crippen LogP contribution in [0.2, 0.25) is 0 Å². The van der Waals surface area contributed by atoms with E-state index in [1.807, 2.05) is 83.8 Å². The van der Waals surface area contributed by atoms with E-state index in [1.165, 1.54) is 12.1 Å². The van der Waals surface area contributed by atoms with Crippen molar-refractivity contribution in [3.63, 3.8) is 0 Å². The lowest BCUT2D eigenvalue weighted by molar-refractivity contribution is 0.440. The normalized spacial score (nSPS) is 12.0. The van der Waals surface area contributed by atoms with Gasteiger partial charge >= 0.3 is 5.22 Å². The second kappa shape index (κ2) is 11.8. The molecule has 0 fully saturated rings. The second-order valence-corrected chi connectivity index (χ2v) is 13.5. The molecule has 8 rings (SSSR count). The first kappa shape index (κ1) is 30.2. The van der Waals surface area contributed by atoms with Crippen molar-refractivity contribution in [3.05, 3.63) is 168 Å². The number of pyridine rings is 1. The molecule has 0 aliphatic heterocycles. The van der Waals surface area contributed by atoms with E-state index in [-0.39, 0.29) is 11.7 Å². The van der Waals surface area contributed by atoms with Gasteiger partial charge in [0.25, 0.3) is 5.89 Å². The minimum atomic E-state index is -3.70. The van der Waals surface area contributed by atoms with Crippen LogP contribution < -0.4 is 0 Å². The molecule has 49 heavy (non-hydrogen) atoms. The van der Waals surface area contributed by atoms with Gasteiger partial charge in [-0.2, -0.15) is 5.10 Å². The minimum absolute atomic E-state index is 0.00998. The number of rotatable bonds is 8. The van der Waals surface area contributed by atoms with E-state index < -0.39 is 20.6 Å². The summed E-state index contributed by atoms with van der Waals surface area (Å²) in [6.45, 7) is 0. The summed E-state index contributed by atoms with van der Waals surface area (Å²) in [4.78, 5) is 4.48. The fraction of sp³-hybridized carbons (Fsp3) is 0.0526. The highest BCUT2D eigenvalue weighted by Gasteiger charge is 2.40. The smallest absolute Gasteiger partial charge is 0.335 e. The van der Waals surface area contributed by atoms with Crippen LogP contribution in [0.15, 0.2) is 156 Å². The fourth-order valence-electron chi connectivity index (χ4n) is 6.27. The fourth-order valence-corrected chi connectivity index (χ4v) is 6.69. The van der Waals surface area contributed by atoms with Gasteiger partial charge in [0.2, 0.25) is 9.84 Å². The number of benzene rings is 4. The van der Waals surface area contributed by atoms with Gasteiger partial charge in [0, 0.05) is 35.3 Å². The Morgan fingerprint density at radius 2 is 1.27 bits per heavy atom. The van der Waals surface area contributed by atoms with Crippen molar-refractivity contribution in [1.82, 2.24) is 29.4 Å². The first-order chi connectivity index (χ1) is 23.8. The largest absolute Gasteiger partial charge is 0.406 e. The molecular weight excluding hydrogens is 640 g/mol. The monoisotopic (exact) mass is 666 g/mol. The van der Waals surface area contributed by atoms with Crippen molar-refractivity contribution in [2.24, 2.45) is 0 Å². The van der Waals surface area contributed by atoms with Gasteiger partial charge in [-0.25, -0.2) is 17.8 Å². The molecule has 0 aliphatic carbocycles. The van der Waals surface area contributed by atoms with Gasteiger partial charge in [-0.1, -0.05) is 96.1 Å². The van der Waals surface area contributed by atoms with E-state index in [2.05, 4.69) is 51.6 Å². The summed E-state index contributed by atoms with van der Waals surface area (Å²) in [5, 5.41) is 12.5. The maximum Gasteiger partial charge on any atom is 0.335 e. The van der Waals surface area contributed by atoms with Gasteiger partial charge in [0.15, 0.2) is 0 Å². The van der Waals surface area contributed by atoms with Gasteiger partial charge in [0.1, 0.15) is 28.4 Å². The van der Waals surface area contributed by atoms with Crippen LogP contribution in [0.4, 0.5) is 4.39 Å². The third-order valence-corrected chi connectivity index (χ3v) is 9.31. The third kappa shape index (κ3) is 5.20.